The largest absolute Gasteiger partial charge is 1.00 e. The van der Waals surface area contributed by atoms with Crippen LogP contribution >= 0.6 is 0 Å². The minimum atomic E-state index is 0. The summed E-state index contributed by atoms with van der Waals surface area (Å²) in [6, 6.07) is 1.66. The number of piperidine rings is 1. The summed E-state index contributed by atoms with van der Waals surface area (Å²) in [6.45, 7) is 2.84. The van der Waals surface area contributed by atoms with Crippen molar-refractivity contribution in [3.8, 4) is 0 Å². The van der Waals surface area contributed by atoms with Crippen molar-refractivity contribution in [2.45, 2.75) is 56.7 Å². The maximum Gasteiger partial charge on any atom is 0.0919 e. The smallest absolute Gasteiger partial charge is 0.0919 e. The Morgan fingerprint density at radius 3 is 1.93 bits per heavy atom. The lowest BCUT2D eigenvalue weighted by molar-refractivity contribution is -0.956. The molecule has 1 unspecified atom stereocenters. The molecule has 2 bridgehead atoms. The lowest BCUT2D eigenvalue weighted by Gasteiger charge is -2.46. The Labute approximate surface area is 96.6 Å². The van der Waals surface area contributed by atoms with Gasteiger partial charge in [0.2, 0.25) is 0 Å². The van der Waals surface area contributed by atoms with Crippen molar-refractivity contribution >= 4 is 0 Å². The highest BCUT2D eigenvalue weighted by Crippen LogP contribution is 2.45. The number of quaternary nitrogens is 1. The molecule has 0 amide bonds. The normalized spacial score (nSPS) is 43.9. The number of rotatable bonds is 0. The first-order valence-electron chi connectivity index (χ1n) is 5.86. The fourth-order valence-electron chi connectivity index (χ4n) is 4.23. The van der Waals surface area contributed by atoms with Crippen LogP contribution in [0.1, 0.15) is 38.5 Å². The summed E-state index contributed by atoms with van der Waals surface area (Å²) in [5.41, 5.74) is 0. The van der Waals surface area contributed by atoms with Gasteiger partial charge in [-0.15, -0.1) is 0 Å². The van der Waals surface area contributed by atoms with Crippen molar-refractivity contribution in [2.75, 3.05) is 13.1 Å². The third-order valence-corrected chi connectivity index (χ3v) is 4.77. The predicted octanol–water partition coefficient (Wildman–Crippen LogP) is -1.71. The minimum Gasteiger partial charge on any atom is -1.00 e. The highest BCUT2D eigenvalue weighted by molar-refractivity contribution is 4.87. The number of hydrogen-bond donors (Lipinski definition) is 1. The summed E-state index contributed by atoms with van der Waals surface area (Å²) in [5.74, 6) is 0. The van der Waals surface area contributed by atoms with Gasteiger partial charge in [-0.1, -0.05) is 0 Å². The molecule has 0 aliphatic carbocycles. The molecule has 82 valence electrons. The summed E-state index contributed by atoms with van der Waals surface area (Å²) in [6.07, 6.45) is 7.87. The number of halogens is 1. The third-order valence-electron chi connectivity index (χ3n) is 4.77. The van der Waals surface area contributed by atoms with Crippen LogP contribution in [0.4, 0.5) is 0 Å². The van der Waals surface area contributed by atoms with Crippen LogP contribution in [0.25, 0.3) is 0 Å². The van der Waals surface area contributed by atoms with Gasteiger partial charge >= 0.3 is 0 Å². The van der Waals surface area contributed by atoms with Gasteiger partial charge in [0.1, 0.15) is 0 Å². The van der Waals surface area contributed by atoms with Crippen LogP contribution in [0.3, 0.4) is 0 Å². The first-order valence-corrected chi connectivity index (χ1v) is 5.86. The second-order valence-electron chi connectivity index (χ2n) is 5.27. The highest BCUT2D eigenvalue weighted by atomic mass is 79.9. The van der Waals surface area contributed by atoms with Crippen molar-refractivity contribution in [3.05, 3.63) is 0 Å². The van der Waals surface area contributed by atoms with E-state index < -0.39 is 0 Å². The van der Waals surface area contributed by atoms with Gasteiger partial charge in [0.25, 0.3) is 0 Å². The zero-order chi connectivity index (χ0) is 8.89. The molecule has 0 radical (unpaired) electrons. The Kier molecular flexibility index (Phi) is 2.93. The number of hydrogen-bond acceptors (Lipinski definition) is 1. The zero-order valence-corrected chi connectivity index (χ0v) is 10.2. The van der Waals surface area contributed by atoms with E-state index in [1.54, 1.807) is 0 Å². The van der Waals surface area contributed by atoms with Crippen molar-refractivity contribution in [1.82, 2.24) is 0 Å². The molecule has 1 spiro atoms. The molecular formula is C11H20BrNO. The number of aliphatic hydroxyl groups excluding tert-OH is 1. The van der Waals surface area contributed by atoms with E-state index >= 15 is 0 Å². The minimum absolute atomic E-state index is 0. The molecule has 0 aromatic heterocycles. The third kappa shape index (κ3) is 1.36. The SMILES string of the molecule is OC1C[C@H]2CC[C@@H](C1)[N+]21CCCC1.[Br-]. The van der Waals surface area contributed by atoms with E-state index in [2.05, 4.69) is 0 Å². The summed E-state index contributed by atoms with van der Waals surface area (Å²) in [7, 11) is 0. The van der Waals surface area contributed by atoms with Crippen LogP contribution in [0, 0.1) is 0 Å². The summed E-state index contributed by atoms with van der Waals surface area (Å²) >= 11 is 0. The Morgan fingerprint density at radius 2 is 1.43 bits per heavy atom. The van der Waals surface area contributed by atoms with Gasteiger partial charge in [0, 0.05) is 38.5 Å². The van der Waals surface area contributed by atoms with Crippen LogP contribution in [0.2, 0.25) is 0 Å². The average molecular weight is 262 g/mol. The van der Waals surface area contributed by atoms with Crippen LogP contribution < -0.4 is 17.0 Å². The van der Waals surface area contributed by atoms with Crippen LogP contribution in [-0.2, 0) is 0 Å². The molecule has 2 nitrogen and oxygen atoms in total. The van der Waals surface area contributed by atoms with Crippen LogP contribution in [-0.4, -0.2) is 40.9 Å². The Morgan fingerprint density at radius 1 is 0.929 bits per heavy atom. The molecule has 3 rings (SSSR count). The van der Waals surface area contributed by atoms with Crippen molar-refractivity contribution in [3.63, 3.8) is 0 Å². The van der Waals surface area contributed by atoms with Gasteiger partial charge in [-0.2, -0.15) is 0 Å². The molecule has 0 saturated carbocycles. The van der Waals surface area contributed by atoms with Gasteiger partial charge < -0.3 is 26.6 Å². The summed E-state index contributed by atoms with van der Waals surface area (Å²) in [4.78, 5) is 0. The lowest BCUT2D eigenvalue weighted by atomic mass is 9.97. The summed E-state index contributed by atoms with van der Waals surface area (Å²) < 4.78 is 1.41. The Balaban J connectivity index is 0.000000750. The van der Waals surface area contributed by atoms with E-state index in [0.29, 0.717) is 0 Å². The van der Waals surface area contributed by atoms with Gasteiger partial charge in [0.05, 0.1) is 31.3 Å². The van der Waals surface area contributed by atoms with Crippen molar-refractivity contribution in [1.29, 1.82) is 0 Å². The van der Waals surface area contributed by atoms with Crippen LogP contribution in [0.15, 0.2) is 0 Å². The molecule has 3 saturated heterocycles. The number of aliphatic hydroxyl groups is 1. The van der Waals surface area contributed by atoms with Crippen molar-refractivity contribution in [2.24, 2.45) is 0 Å². The van der Waals surface area contributed by atoms with E-state index in [1.807, 2.05) is 0 Å². The molecule has 3 aliphatic heterocycles. The molecule has 3 heterocycles. The van der Waals surface area contributed by atoms with Crippen LogP contribution in [0.5, 0.6) is 0 Å². The lowest BCUT2D eigenvalue weighted by Crippen LogP contribution is -3.00. The molecule has 3 aliphatic rings. The molecular weight excluding hydrogens is 242 g/mol. The van der Waals surface area contributed by atoms with Gasteiger partial charge in [0.15, 0.2) is 0 Å². The monoisotopic (exact) mass is 261 g/mol. The Hall–Kier alpha value is 0.400. The molecule has 3 heteroatoms. The first-order chi connectivity index (χ1) is 6.31. The average Bonchev–Trinajstić information content (AvgIpc) is 2.63. The fourth-order valence-corrected chi connectivity index (χ4v) is 4.23. The molecule has 3 fully saturated rings. The fraction of sp³-hybridized carbons (Fsp3) is 1.00. The topological polar surface area (TPSA) is 20.2 Å². The molecule has 3 atom stereocenters. The Bertz CT molecular complexity index is 199. The van der Waals surface area contributed by atoms with Gasteiger partial charge in [-0.05, 0) is 0 Å². The van der Waals surface area contributed by atoms with Gasteiger partial charge in [-0.25, -0.2) is 0 Å². The first kappa shape index (κ1) is 10.9. The maximum atomic E-state index is 9.72. The maximum absolute atomic E-state index is 9.72. The molecule has 14 heavy (non-hydrogen) atoms. The van der Waals surface area contributed by atoms with E-state index in [9.17, 15) is 5.11 Å². The number of nitrogens with zero attached hydrogens (tertiary/aromatic N) is 1. The quantitative estimate of drug-likeness (QED) is 0.515. The predicted molar refractivity (Wildman–Crippen MR) is 51.3 cm³/mol. The summed E-state index contributed by atoms with van der Waals surface area (Å²) in [5, 5.41) is 9.72. The highest BCUT2D eigenvalue weighted by Gasteiger charge is 2.54. The van der Waals surface area contributed by atoms with Gasteiger partial charge in [-0.3, -0.25) is 0 Å². The van der Waals surface area contributed by atoms with E-state index in [1.165, 1.54) is 43.3 Å². The van der Waals surface area contributed by atoms with E-state index in [4.69, 9.17) is 0 Å². The molecule has 0 aromatic carbocycles. The van der Waals surface area contributed by atoms with E-state index in [-0.39, 0.29) is 23.1 Å². The second kappa shape index (κ2) is 3.76. The van der Waals surface area contributed by atoms with E-state index in [0.717, 1.165) is 24.9 Å². The standard InChI is InChI=1S/C11H20NO.BrH/c13-11-7-9-3-4-10(8-11)12(9)5-1-2-6-12;/h9-11,13H,1-8H2;1H/q+1;/p-1/t9-,10+,11?;. The van der Waals surface area contributed by atoms with Crippen molar-refractivity contribution < 1.29 is 26.6 Å². The second-order valence-corrected chi connectivity index (χ2v) is 5.27. The zero-order valence-electron chi connectivity index (χ0n) is 8.66. The molecule has 1 N–H and O–H groups in total. The molecule has 0 aromatic rings.